The third-order valence-corrected chi connectivity index (χ3v) is 4.44. The molecule has 16 heavy (non-hydrogen) atoms. The van der Waals surface area contributed by atoms with Gasteiger partial charge in [0.15, 0.2) is 0 Å². The topological polar surface area (TPSA) is 50.1 Å². The van der Waals surface area contributed by atoms with Gasteiger partial charge in [0.05, 0.1) is 12.6 Å². The molecule has 1 heterocycles. The minimum absolute atomic E-state index is 0.363. The fraction of sp³-hybridized carbons (Fsp3) is 0.727. The van der Waals surface area contributed by atoms with E-state index >= 15 is 0 Å². The van der Waals surface area contributed by atoms with Crippen LogP contribution in [0.25, 0.3) is 0 Å². The van der Waals surface area contributed by atoms with Crippen molar-refractivity contribution in [2.24, 2.45) is 0 Å². The fourth-order valence-corrected chi connectivity index (χ4v) is 2.50. The van der Waals surface area contributed by atoms with E-state index in [-0.39, 0.29) is 6.10 Å². The molecule has 0 amide bonds. The van der Waals surface area contributed by atoms with Gasteiger partial charge in [0, 0.05) is 30.2 Å². The Hall–Kier alpha value is -0.520. The Balaban J connectivity index is 1.62. The Morgan fingerprint density at radius 1 is 1.62 bits per heavy atom. The molecule has 1 atom stereocenters. The molecule has 1 aliphatic carbocycles. The first-order valence-electron chi connectivity index (χ1n) is 5.65. The lowest BCUT2D eigenvalue weighted by Crippen LogP contribution is -2.35. The van der Waals surface area contributed by atoms with Gasteiger partial charge in [-0.05, 0) is 25.2 Å². The van der Waals surface area contributed by atoms with Crippen molar-refractivity contribution in [1.29, 1.82) is 0 Å². The van der Waals surface area contributed by atoms with Crippen LogP contribution in [0.4, 0.5) is 0 Å². The van der Waals surface area contributed by atoms with Gasteiger partial charge in [-0.1, -0.05) is 0 Å². The molecule has 1 aliphatic rings. The molecule has 1 aromatic rings. The van der Waals surface area contributed by atoms with E-state index in [1.165, 1.54) is 12.8 Å². The quantitative estimate of drug-likeness (QED) is 0.739. The Bertz CT molecular complexity index is 311. The standard InChI is InChI=1S/C11H19N3OS/c1-16-11(3-4-11)9-12-7-10(15)8-14-6-2-5-13-14/h2,5-6,10,12,15H,3-4,7-9H2,1H3. The summed E-state index contributed by atoms with van der Waals surface area (Å²) < 4.78 is 2.22. The number of thioether (sulfide) groups is 1. The van der Waals surface area contributed by atoms with Crippen LogP contribution < -0.4 is 5.32 Å². The van der Waals surface area contributed by atoms with Gasteiger partial charge in [0.2, 0.25) is 0 Å². The molecule has 0 spiro atoms. The average Bonchev–Trinajstić information content (AvgIpc) is 2.87. The summed E-state index contributed by atoms with van der Waals surface area (Å²) in [6.45, 7) is 2.21. The molecule has 1 saturated carbocycles. The Morgan fingerprint density at radius 3 is 3.00 bits per heavy atom. The highest BCUT2D eigenvalue weighted by Crippen LogP contribution is 2.46. The molecule has 0 radical (unpaired) electrons. The summed E-state index contributed by atoms with van der Waals surface area (Å²) in [5.41, 5.74) is 0. The Kier molecular flexibility index (Phi) is 3.89. The molecule has 0 bridgehead atoms. The van der Waals surface area contributed by atoms with Crippen molar-refractivity contribution < 1.29 is 5.11 Å². The minimum atomic E-state index is -0.363. The van der Waals surface area contributed by atoms with E-state index in [1.54, 1.807) is 10.9 Å². The van der Waals surface area contributed by atoms with Gasteiger partial charge in [-0.25, -0.2) is 0 Å². The van der Waals surface area contributed by atoms with E-state index in [0.29, 0.717) is 17.8 Å². The van der Waals surface area contributed by atoms with Crippen molar-refractivity contribution in [3.05, 3.63) is 18.5 Å². The van der Waals surface area contributed by atoms with Crippen LogP contribution in [-0.2, 0) is 6.54 Å². The van der Waals surface area contributed by atoms with Crippen LogP contribution in [0.15, 0.2) is 18.5 Å². The number of hydrogen-bond donors (Lipinski definition) is 2. The number of nitrogens with one attached hydrogen (secondary N) is 1. The molecular weight excluding hydrogens is 222 g/mol. The van der Waals surface area contributed by atoms with E-state index in [0.717, 1.165) is 6.54 Å². The molecule has 2 rings (SSSR count). The largest absolute Gasteiger partial charge is 0.390 e. The third-order valence-electron chi connectivity index (χ3n) is 3.02. The van der Waals surface area contributed by atoms with Crippen LogP contribution in [0, 0.1) is 0 Å². The van der Waals surface area contributed by atoms with Crippen LogP contribution in [0.1, 0.15) is 12.8 Å². The van der Waals surface area contributed by atoms with Gasteiger partial charge in [0.1, 0.15) is 0 Å². The van der Waals surface area contributed by atoms with Gasteiger partial charge in [0.25, 0.3) is 0 Å². The summed E-state index contributed by atoms with van der Waals surface area (Å²) in [7, 11) is 0. The maximum atomic E-state index is 9.78. The molecule has 0 aliphatic heterocycles. The zero-order chi connectivity index (χ0) is 11.4. The molecule has 4 nitrogen and oxygen atoms in total. The van der Waals surface area contributed by atoms with Gasteiger partial charge in [-0.2, -0.15) is 16.9 Å². The summed E-state index contributed by atoms with van der Waals surface area (Å²) in [6.07, 6.45) is 8.00. The number of aromatic nitrogens is 2. The normalized spacial score (nSPS) is 19.6. The van der Waals surface area contributed by atoms with Crippen LogP contribution in [0.5, 0.6) is 0 Å². The molecule has 2 N–H and O–H groups in total. The minimum Gasteiger partial charge on any atom is -0.390 e. The van der Waals surface area contributed by atoms with E-state index < -0.39 is 0 Å². The van der Waals surface area contributed by atoms with E-state index in [4.69, 9.17) is 0 Å². The Labute approximate surface area is 100 Å². The highest BCUT2D eigenvalue weighted by molar-refractivity contribution is 8.00. The first kappa shape index (κ1) is 12.0. The maximum Gasteiger partial charge on any atom is 0.0860 e. The summed E-state index contributed by atoms with van der Waals surface area (Å²) >= 11 is 1.93. The first-order chi connectivity index (χ1) is 7.74. The molecule has 1 aromatic heterocycles. The predicted molar refractivity (Wildman–Crippen MR) is 66.6 cm³/mol. The smallest absolute Gasteiger partial charge is 0.0860 e. The number of hydrogen-bond acceptors (Lipinski definition) is 4. The number of rotatable bonds is 7. The molecule has 5 heteroatoms. The number of nitrogens with zero attached hydrogens (tertiary/aromatic N) is 2. The fourth-order valence-electron chi connectivity index (χ4n) is 1.75. The zero-order valence-electron chi connectivity index (χ0n) is 9.59. The van der Waals surface area contributed by atoms with Crippen LogP contribution in [0.3, 0.4) is 0 Å². The van der Waals surface area contributed by atoms with Gasteiger partial charge in [-0.15, -0.1) is 0 Å². The number of aliphatic hydroxyl groups is 1. The molecular formula is C11H19N3OS. The third kappa shape index (κ3) is 3.23. The average molecular weight is 241 g/mol. The van der Waals surface area contributed by atoms with Crippen molar-refractivity contribution in [3.63, 3.8) is 0 Å². The number of aliphatic hydroxyl groups excluding tert-OH is 1. The lowest BCUT2D eigenvalue weighted by molar-refractivity contribution is 0.147. The zero-order valence-corrected chi connectivity index (χ0v) is 10.4. The SMILES string of the molecule is CSC1(CNCC(O)Cn2cccn2)CC1. The molecule has 1 unspecified atom stereocenters. The van der Waals surface area contributed by atoms with Crippen LogP contribution in [0.2, 0.25) is 0 Å². The van der Waals surface area contributed by atoms with Crippen molar-refractivity contribution in [3.8, 4) is 0 Å². The Morgan fingerprint density at radius 2 is 2.44 bits per heavy atom. The van der Waals surface area contributed by atoms with Crippen molar-refractivity contribution in [2.45, 2.75) is 30.2 Å². The van der Waals surface area contributed by atoms with E-state index in [9.17, 15) is 5.11 Å². The van der Waals surface area contributed by atoms with Crippen LogP contribution >= 0.6 is 11.8 Å². The second kappa shape index (κ2) is 5.21. The van der Waals surface area contributed by atoms with E-state index in [2.05, 4.69) is 16.7 Å². The summed E-state index contributed by atoms with van der Waals surface area (Å²) in [5.74, 6) is 0. The van der Waals surface area contributed by atoms with Gasteiger partial charge in [-0.3, -0.25) is 4.68 Å². The van der Waals surface area contributed by atoms with Crippen LogP contribution in [-0.4, -0.2) is 45.1 Å². The van der Waals surface area contributed by atoms with Crippen molar-refractivity contribution in [2.75, 3.05) is 19.3 Å². The summed E-state index contributed by atoms with van der Waals surface area (Å²) in [5, 5.41) is 17.2. The molecule has 1 fully saturated rings. The van der Waals surface area contributed by atoms with E-state index in [1.807, 2.05) is 24.0 Å². The lowest BCUT2D eigenvalue weighted by Gasteiger charge is -2.16. The lowest BCUT2D eigenvalue weighted by atomic mass is 10.3. The monoisotopic (exact) mass is 241 g/mol. The van der Waals surface area contributed by atoms with Gasteiger partial charge >= 0.3 is 0 Å². The molecule has 0 aromatic carbocycles. The van der Waals surface area contributed by atoms with Gasteiger partial charge < -0.3 is 10.4 Å². The summed E-state index contributed by atoms with van der Waals surface area (Å²) in [4.78, 5) is 0. The highest BCUT2D eigenvalue weighted by Gasteiger charge is 2.41. The molecule has 0 saturated heterocycles. The predicted octanol–water partition coefficient (Wildman–Crippen LogP) is 0.729. The van der Waals surface area contributed by atoms with Crippen molar-refractivity contribution >= 4 is 11.8 Å². The second-order valence-corrected chi connectivity index (χ2v) is 5.67. The highest BCUT2D eigenvalue weighted by atomic mass is 32.2. The molecule has 90 valence electrons. The summed E-state index contributed by atoms with van der Waals surface area (Å²) in [6, 6.07) is 1.87. The second-order valence-electron chi connectivity index (χ2n) is 4.40. The first-order valence-corrected chi connectivity index (χ1v) is 6.88. The van der Waals surface area contributed by atoms with Crippen molar-refractivity contribution in [1.82, 2.24) is 15.1 Å². The maximum absolute atomic E-state index is 9.78.